The number of benzene rings is 2. The van der Waals surface area contributed by atoms with E-state index in [1.807, 2.05) is 72.8 Å². The van der Waals surface area contributed by atoms with Crippen LogP contribution in [0.1, 0.15) is 43.2 Å². The molecule has 1 fully saturated rings. The summed E-state index contributed by atoms with van der Waals surface area (Å²) in [4.78, 5) is 41.3. The summed E-state index contributed by atoms with van der Waals surface area (Å²) in [5.74, 6) is -1.66. The number of amides is 2. The van der Waals surface area contributed by atoms with Gasteiger partial charge in [0.2, 0.25) is 11.8 Å². The molecule has 2 aromatic rings. The number of likely N-dealkylation sites (tertiary alicyclic amines) is 1. The predicted molar refractivity (Wildman–Crippen MR) is 151 cm³/mol. The van der Waals surface area contributed by atoms with Gasteiger partial charge in [-0.05, 0) is 43.2 Å². The van der Waals surface area contributed by atoms with Crippen LogP contribution in [0.15, 0.2) is 72.8 Å². The molecule has 2 aromatic carbocycles. The van der Waals surface area contributed by atoms with Crippen LogP contribution >= 0.6 is 0 Å². The largest absolute Gasteiger partial charge is 0.463 e. The highest BCUT2D eigenvalue weighted by Gasteiger charge is 2.32. The fourth-order valence-corrected chi connectivity index (χ4v) is 5.29. The molecule has 2 heterocycles. The van der Waals surface area contributed by atoms with Gasteiger partial charge in [0.1, 0.15) is 6.61 Å². The molecule has 2 aliphatic heterocycles. The number of nitrogens with zero attached hydrogens (tertiary/aromatic N) is 1. The Bertz CT molecular complexity index is 1120. The number of allylic oxidation sites excluding steroid dienone is 2. The maximum absolute atomic E-state index is 13.4. The van der Waals surface area contributed by atoms with Gasteiger partial charge in [0.05, 0.1) is 43.7 Å². The van der Waals surface area contributed by atoms with E-state index in [1.54, 1.807) is 4.90 Å². The summed E-state index contributed by atoms with van der Waals surface area (Å²) < 4.78 is 11.6. The highest BCUT2D eigenvalue weighted by molar-refractivity contribution is 5.86. The average Bonchev–Trinajstić information content (AvgIpc) is 3.46. The summed E-state index contributed by atoms with van der Waals surface area (Å²) in [7, 11) is 0. The van der Waals surface area contributed by atoms with E-state index in [2.05, 4.69) is 5.32 Å². The van der Waals surface area contributed by atoms with Crippen LogP contribution in [0.25, 0.3) is 0 Å². The van der Waals surface area contributed by atoms with E-state index in [0.29, 0.717) is 32.4 Å². The first-order valence-electron chi connectivity index (χ1n) is 14.2. The number of rotatable bonds is 9. The van der Waals surface area contributed by atoms with Crippen LogP contribution < -0.4 is 5.32 Å². The topological polar surface area (TPSA) is 105 Å². The van der Waals surface area contributed by atoms with Crippen LogP contribution in [0.2, 0.25) is 0 Å². The number of ether oxygens (including phenoxy) is 2. The maximum atomic E-state index is 13.4. The summed E-state index contributed by atoms with van der Waals surface area (Å²) in [6.07, 6.45) is 6.87. The number of aliphatic hydroxyl groups excluding tert-OH is 1. The van der Waals surface area contributed by atoms with Crippen molar-refractivity contribution in [3.8, 4) is 0 Å². The van der Waals surface area contributed by atoms with Crippen LogP contribution in [0.5, 0.6) is 0 Å². The first kappa shape index (κ1) is 29.5. The zero-order valence-corrected chi connectivity index (χ0v) is 23.0. The third-order valence-electron chi connectivity index (χ3n) is 7.57. The second-order valence-corrected chi connectivity index (χ2v) is 10.6. The fraction of sp³-hybridized carbons (Fsp3) is 0.469. The molecule has 0 bridgehead atoms. The molecular weight excluding hydrogens is 508 g/mol. The molecule has 1 saturated heterocycles. The molecule has 4 atom stereocenters. The molecule has 0 spiro atoms. The molecule has 2 aliphatic rings. The van der Waals surface area contributed by atoms with Crippen molar-refractivity contribution >= 4 is 17.8 Å². The lowest BCUT2D eigenvalue weighted by molar-refractivity contribution is -0.150. The number of cyclic esters (lactones) is 1. The van der Waals surface area contributed by atoms with Crippen molar-refractivity contribution in [3.05, 3.63) is 83.9 Å². The molecular formula is C32H40N2O6. The zero-order chi connectivity index (χ0) is 28.2. The highest BCUT2D eigenvalue weighted by atomic mass is 16.5. The van der Waals surface area contributed by atoms with E-state index in [4.69, 9.17) is 9.47 Å². The van der Waals surface area contributed by atoms with Crippen molar-refractivity contribution in [3.63, 3.8) is 0 Å². The Morgan fingerprint density at radius 2 is 1.65 bits per heavy atom. The van der Waals surface area contributed by atoms with Gasteiger partial charge < -0.3 is 24.8 Å². The predicted octanol–water partition coefficient (Wildman–Crippen LogP) is 3.43. The van der Waals surface area contributed by atoms with Gasteiger partial charge in [0.15, 0.2) is 0 Å². The lowest BCUT2D eigenvalue weighted by Crippen LogP contribution is -2.46. The Labute approximate surface area is 236 Å². The first-order chi connectivity index (χ1) is 19.5. The Kier molecular flexibility index (Phi) is 11.3. The molecule has 2 N–H and O–H groups in total. The minimum Gasteiger partial charge on any atom is -0.463 e. The van der Waals surface area contributed by atoms with Gasteiger partial charge in [0, 0.05) is 13.0 Å². The molecule has 0 saturated carbocycles. The standard InChI is InChI=1S/C32H40N2O6/c35-20-29-16-9-17-34(29)30(36)19-26-14-7-8-15-27(18-24-10-3-1-4-11-24)32(38)40-23-28(33-31(26)37)22-39-21-25-12-5-2-6-13-25/h1-8,10-13,26-29,35H,9,14-23H2,(H,33,37). The Morgan fingerprint density at radius 3 is 2.35 bits per heavy atom. The molecule has 40 heavy (non-hydrogen) atoms. The number of carbonyl (C=O) groups is 3. The van der Waals surface area contributed by atoms with Gasteiger partial charge in [-0.2, -0.15) is 0 Å². The van der Waals surface area contributed by atoms with Gasteiger partial charge >= 0.3 is 5.97 Å². The smallest absolute Gasteiger partial charge is 0.309 e. The second-order valence-electron chi connectivity index (χ2n) is 10.6. The van der Waals surface area contributed by atoms with E-state index >= 15 is 0 Å². The minimum atomic E-state index is -0.581. The lowest BCUT2D eigenvalue weighted by atomic mass is 9.94. The number of carbonyl (C=O) groups excluding carboxylic acids is 3. The molecule has 4 unspecified atom stereocenters. The third-order valence-corrected chi connectivity index (χ3v) is 7.57. The molecule has 8 nitrogen and oxygen atoms in total. The fourth-order valence-electron chi connectivity index (χ4n) is 5.29. The van der Waals surface area contributed by atoms with Gasteiger partial charge in [-0.15, -0.1) is 0 Å². The van der Waals surface area contributed by atoms with Crippen molar-refractivity contribution in [1.82, 2.24) is 10.2 Å². The maximum Gasteiger partial charge on any atom is 0.309 e. The van der Waals surface area contributed by atoms with Crippen LogP contribution in [0.4, 0.5) is 0 Å². The van der Waals surface area contributed by atoms with E-state index in [9.17, 15) is 19.5 Å². The molecule has 0 aliphatic carbocycles. The minimum absolute atomic E-state index is 0.0201. The number of hydrogen-bond acceptors (Lipinski definition) is 6. The number of aliphatic hydroxyl groups is 1. The zero-order valence-electron chi connectivity index (χ0n) is 23.0. The summed E-state index contributed by atoms with van der Waals surface area (Å²) >= 11 is 0. The molecule has 4 rings (SSSR count). The van der Waals surface area contributed by atoms with Crippen LogP contribution in [-0.2, 0) is 36.9 Å². The van der Waals surface area contributed by atoms with Crippen LogP contribution in [0.3, 0.4) is 0 Å². The summed E-state index contributed by atoms with van der Waals surface area (Å²) in [6.45, 7) is 1.03. The first-order valence-corrected chi connectivity index (χ1v) is 14.2. The highest BCUT2D eigenvalue weighted by Crippen LogP contribution is 2.22. The SMILES string of the molecule is O=C1NC(COCc2ccccc2)COC(=O)C(Cc2ccccc2)CC=CCC1CC(=O)N1CCCC1CO. The molecule has 2 amide bonds. The normalized spacial score (nSPS) is 24.1. The van der Waals surface area contributed by atoms with Gasteiger partial charge in [-0.25, -0.2) is 0 Å². The van der Waals surface area contributed by atoms with Crippen molar-refractivity contribution in [2.75, 3.05) is 26.4 Å². The van der Waals surface area contributed by atoms with Crippen molar-refractivity contribution in [2.45, 2.75) is 57.2 Å². The van der Waals surface area contributed by atoms with E-state index in [1.165, 1.54) is 0 Å². The summed E-state index contributed by atoms with van der Waals surface area (Å²) in [5.41, 5.74) is 2.05. The Morgan fingerprint density at radius 1 is 0.975 bits per heavy atom. The molecule has 214 valence electrons. The van der Waals surface area contributed by atoms with Gasteiger partial charge in [-0.3, -0.25) is 14.4 Å². The number of esters is 1. The van der Waals surface area contributed by atoms with Crippen LogP contribution in [-0.4, -0.2) is 66.2 Å². The lowest BCUT2D eigenvalue weighted by Gasteiger charge is -2.27. The number of hydrogen-bond donors (Lipinski definition) is 2. The van der Waals surface area contributed by atoms with E-state index in [0.717, 1.165) is 24.0 Å². The molecule has 0 radical (unpaired) electrons. The monoisotopic (exact) mass is 548 g/mol. The van der Waals surface area contributed by atoms with Gasteiger partial charge in [0.25, 0.3) is 0 Å². The van der Waals surface area contributed by atoms with Crippen LogP contribution in [0, 0.1) is 11.8 Å². The third kappa shape index (κ3) is 8.76. The van der Waals surface area contributed by atoms with Crippen molar-refractivity contribution in [2.24, 2.45) is 11.8 Å². The van der Waals surface area contributed by atoms with Crippen molar-refractivity contribution < 1.29 is 29.0 Å². The summed E-state index contributed by atoms with van der Waals surface area (Å²) in [6, 6.07) is 18.8. The van der Waals surface area contributed by atoms with E-state index < -0.39 is 12.0 Å². The van der Waals surface area contributed by atoms with E-state index in [-0.39, 0.29) is 56.0 Å². The van der Waals surface area contributed by atoms with Gasteiger partial charge in [-0.1, -0.05) is 72.8 Å². The second kappa shape index (κ2) is 15.3. The average molecular weight is 549 g/mol. The van der Waals surface area contributed by atoms with Crippen molar-refractivity contribution in [1.29, 1.82) is 0 Å². The molecule has 8 heteroatoms. The number of nitrogens with one attached hydrogen (secondary N) is 1. The quantitative estimate of drug-likeness (QED) is 0.368. The Hall–Kier alpha value is -3.49. The Balaban J connectivity index is 1.47. The molecule has 0 aromatic heterocycles. The summed E-state index contributed by atoms with van der Waals surface area (Å²) in [5, 5.41) is 12.6.